The molecule has 28 heavy (non-hydrogen) atoms. The molecule has 0 atom stereocenters. The van der Waals surface area contributed by atoms with Crippen molar-refractivity contribution < 1.29 is 19.2 Å². The van der Waals surface area contributed by atoms with Gasteiger partial charge in [-0.1, -0.05) is 25.1 Å². The summed E-state index contributed by atoms with van der Waals surface area (Å²) >= 11 is 0. The maximum atomic E-state index is 13.0. The summed E-state index contributed by atoms with van der Waals surface area (Å²) in [6.45, 7) is 11.0. The normalized spacial score (nSPS) is 16.5. The lowest BCUT2D eigenvalue weighted by atomic mass is 9.91. The van der Waals surface area contributed by atoms with E-state index in [4.69, 9.17) is 9.26 Å². The smallest absolute Gasteiger partial charge is 0.259 e. The number of carbonyl (C=O) groups is 1. The van der Waals surface area contributed by atoms with Gasteiger partial charge < -0.3 is 19.3 Å². The average molecular weight is 386 g/mol. The summed E-state index contributed by atoms with van der Waals surface area (Å²) in [5.41, 5.74) is 2.70. The Labute approximate surface area is 166 Å². The molecule has 1 aliphatic rings. The van der Waals surface area contributed by atoms with E-state index in [2.05, 4.69) is 12.1 Å². The Morgan fingerprint density at radius 2 is 1.93 bits per heavy atom. The Morgan fingerprint density at radius 1 is 1.25 bits per heavy atom. The molecule has 0 bridgehead atoms. The highest BCUT2D eigenvalue weighted by atomic mass is 16.5. The minimum Gasteiger partial charge on any atom is -0.491 e. The van der Waals surface area contributed by atoms with Crippen LogP contribution >= 0.6 is 0 Å². The summed E-state index contributed by atoms with van der Waals surface area (Å²) in [5.74, 6) is 1.35. The van der Waals surface area contributed by atoms with E-state index in [1.807, 2.05) is 39.0 Å². The second-order valence-corrected chi connectivity index (χ2v) is 8.20. The van der Waals surface area contributed by atoms with E-state index in [1.54, 1.807) is 11.8 Å². The zero-order chi connectivity index (χ0) is 20.5. The number of ether oxygens (including phenoxy) is 1. The maximum absolute atomic E-state index is 13.0. The molecular weight excluding hydrogens is 356 g/mol. The maximum Gasteiger partial charge on any atom is 0.259 e. The van der Waals surface area contributed by atoms with Gasteiger partial charge in [-0.15, -0.1) is 0 Å². The second kappa shape index (κ2) is 7.95. The lowest BCUT2D eigenvalue weighted by Crippen LogP contribution is -2.49. The number of amides is 1. The lowest BCUT2D eigenvalue weighted by molar-refractivity contribution is -0.0475. The monoisotopic (exact) mass is 386 g/mol. The lowest BCUT2D eigenvalue weighted by Gasteiger charge is -2.38. The first-order chi connectivity index (χ1) is 13.2. The number of carbonyl (C=O) groups excluding carboxylic acids is 1. The standard InChI is InChI=1S/C22H30N2O4/c1-14(2)20-19(17(5)28-23-20)21(25)24-10-8-22(26,9-11-24)13-27-18-7-6-15(3)16(4)12-18/h6-7,12,14,26H,8-11,13H2,1-5H3. The van der Waals surface area contributed by atoms with Crippen molar-refractivity contribution in [2.24, 2.45) is 0 Å². The van der Waals surface area contributed by atoms with Crippen LogP contribution in [0.1, 0.15) is 65.5 Å². The number of likely N-dealkylation sites (tertiary alicyclic amines) is 1. The van der Waals surface area contributed by atoms with Gasteiger partial charge in [0.2, 0.25) is 0 Å². The Morgan fingerprint density at radius 3 is 2.54 bits per heavy atom. The molecule has 0 unspecified atom stereocenters. The highest BCUT2D eigenvalue weighted by molar-refractivity contribution is 5.96. The average Bonchev–Trinajstić information content (AvgIpc) is 3.05. The molecular formula is C22H30N2O4. The molecule has 0 saturated carbocycles. The highest BCUT2D eigenvalue weighted by Crippen LogP contribution is 2.28. The first-order valence-corrected chi connectivity index (χ1v) is 9.88. The van der Waals surface area contributed by atoms with E-state index >= 15 is 0 Å². The molecule has 3 rings (SSSR count). The van der Waals surface area contributed by atoms with Gasteiger partial charge in [0.05, 0.1) is 5.69 Å². The number of hydrogen-bond donors (Lipinski definition) is 1. The summed E-state index contributed by atoms with van der Waals surface area (Å²) in [5, 5.41) is 14.9. The molecule has 1 fully saturated rings. The van der Waals surface area contributed by atoms with E-state index in [1.165, 1.54) is 5.56 Å². The van der Waals surface area contributed by atoms with Crippen LogP contribution < -0.4 is 4.74 Å². The number of benzene rings is 1. The van der Waals surface area contributed by atoms with Gasteiger partial charge in [0, 0.05) is 13.1 Å². The van der Waals surface area contributed by atoms with E-state index in [9.17, 15) is 9.90 Å². The van der Waals surface area contributed by atoms with Crippen molar-refractivity contribution in [1.82, 2.24) is 10.1 Å². The molecule has 1 amide bonds. The summed E-state index contributed by atoms with van der Waals surface area (Å²) < 4.78 is 11.1. The zero-order valence-electron chi connectivity index (χ0n) is 17.4. The number of piperidine rings is 1. The summed E-state index contributed by atoms with van der Waals surface area (Å²) in [6.07, 6.45) is 0.954. The largest absolute Gasteiger partial charge is 0.491 e. The fraction of sp³-hybridized carbons (Fsp3) is 0.545. The minimum absolute atomic E-state index is 0.0698. The number of aromatic nitrogens is 1. The van der Waals surface area contributed by atoms with Gasteiger partial charge in [-0.05, 0) is 62.8 Å². The summed E-state index contributed by atoms with van der Waals surface area (Å²) in [6, 6.07) is 5.93. The molecule has 2 aromatic rings. The molecule has 6 nitrogen and oxygen atoms in total. The van der Waals surface area contributed by atoms with Crippen LogP contribution in [0.4, 0.5) is 0 Å². The van der Waals surface area contributed by atoms with E-state index < -0.39 is 5.60 Å². The molecule has 1 aliphatic heterocycles. The number of aliphatic hydroxyl groups is 1. The third-order valence-electron chi connectivity index (χ3n) is 5.62. The summed E-state index contributed by atoms with van der Waals surface area (Å²) in [4.78, 5) is 14.8. The Balaban J connectivity index is 1.61. The van der Waals surface area contributed by atoms with Gasteiger partial charge in [0.1, 0.15) is 29.3 Å². The third kappa shape index (κ3) is 4.22. The first kappa shape index (κ1) is 20.4. The Hall–Kier alpha value is -2.34. The van der Waals surface area contributed by atoms with E-state index in [-0.39, 0.29) is 18.4 Å². The molecule has 0 spiro atoms. The molecule has 1 aromatic carbocycles. The number of aryl methyl sites for hydroxylation is 3. The molecule has 152 valence electrons. The Bertz CT molecular complexity index is 848. The number of nitrogens with zero attached hydrogens (tertiary/aromatic N) is 2. The van der Waals surface area contributed by atoms with Gasteiger partial charge in [0.25, 0.3) is 5.91 Å². The van der Waals surface area contributed by atoms with Crippen LogP contribution in [-0.2, 0) is 0 Å². The van der Waals surface area contributed by atoms with Crippen molar-refractivity contribution in [3.05, 3.63) is 46.3 Å². The highest BCUT2D eigenvalue weighted by Gasteiger charge is 2.36. The predicted molar refractivity (Wildman–Crippen MR) is 107 cm³/mol. The van der Waals surface area contributed by atoms with Crippen LogP contribution in [0.2, 0.25) is 0 Å². The second-order valence-electron chi connectivity index (χ2n) is 8.20. The Kier molecular flexibility index (Phi) is 5.79. The molecule has 0 aliphatic carbocycles. The number of hydrogen-bond acceptors (Lipinski definition) is 5. The number of rotatable bonds is 5. The van der Waals surface area contributed by atoms with Gasteiger partial charge in [0.15, 0.2) is 0 Å². The van der Waals surface area contributed by atoms with E-state index in [0.717, 1.165) is 11.3 Å². The molecule has 2 heterocycles. The molecule has 0 radical (unpaired) electrons. The quantitative estimate of drug-likeness (QED) is 0.847. The van der Waals surface area contributed by atoms with Crippen LogP contribution in [-0.4, -0.2) is 46.4 Å². The van der Waals surface area contributed by atoms with Gasteiger partial charge in [-0.2, -0.15) is 0 Å². The predicted octanol–water partition coefficient (Wildman–Crippen LogP) is 3.77. The topological polar surface area (TPSA) is 75.8 Å². The van der Waals surface area contributed by atoms with Crippen LogP contribution in [0.5, 0.6) is 5.75 Å². The molecule has 1 N–H and O–H groups in total. The van der Waals surface area contributed by atoms with Crippen molar-refractivity contribution in [2.75, 3.05) is 19.7 Å². The van der Waals surface area contributed by atoms with Crippen LogP contribution in [0.25, 0.3) is 0 Å². The van der Waals surface area contributed by atoms with Crippen molar-refractivity contribution in [3.8, 4) is 5.75 Å². The van der Waals surface area contributed by atoms with Crippen molar-refractivity contribution in [3.63, 3.8) is 0 Å². The van der Waals surface area contributed by atoms with Crippen molar-refractivity contribution in [1.29, 1.82) is 0 Å². The van der Waals surface area contributed by atoms with Gasteiger partial charge in [-0.25, -0.2) is 0 Å². The molecule has 1 saturated heterocycles. The van der Waals surface area contributed by atoms with Crippen molar-refractivity contribution >= 4 is 5.91 Å². The SMILES string of the molecule is Cc1ccc(OCC2(O)CCN(C(=O)c3c(C(C)C)noc3C)CC2)cc1C. The molecule has 1 aromatic heterocycles. The van der Waals surface area contributed by atoms with Crippen LogP contribution in [0, 0.1) is 20.8 Å². The molecule has 6 heteroatoms. The first-order valence-electron chi connectivity index (χ1n) is 9.88. The van der Waals surface area contributed by atoms with Crippen LogP contribution in [0.3, 0.4) is 0 Å². The van der Waals surface area contributed by atoms with E-state index in [0.29, 0.717) is 42.9 Å². The zero-order valence-corrected chi connectivity index (χ0v) is 17.4. The third-order valence-corrected chi connectivity index (χ3v) is 5.62. The minimum atomic E-state index is -0.930. The fourth-order valence-corrected chi connectivity index (χ4v) is 3.49. The van der Waals surface area contributed by atoms with Gasteiger partial charge >= 0.3 is 0 Å². The summed E-state index contributed by atoms with van der Waals surface area (Å²) in [7, 11) is 0. The fourth-order valence-electron chi connectivity index (χ4n) is 3.49. The van der Waals surface area contributed by atoms with Crippen LogP contribution in [0.15, 0.2) is 22.7 Å². The van der Waals surface area contributed by atoms with Crippen molar-refractivity contribution in [2.45, 2.75) is 59.0 Å². The van der Waals surface area contributed by atoms with Gasteiger partial charge in [-0.3, -0.25) is 4.79 Å².